The van der Waals surface area contributed by atoms with Crippen LogP contribution in [0.15, 0.2) is 24.3 Å². The second-order valence-corrected chi connectivity index (χ2v) is 4.24. The fourth-order valence-corrected chi connectivity index (χ4v) is 1.86. The molecule has 0 aromatic heterocycles. The van der Waals surface area contributed by atoms with Crippen molar-refractivity contribution in [2.24, 2.45) is 0 Å². The number of rotatable bonds is 1. The predicted molar refractivity (Wildman–Crippen MR) is 50.2 cm³/mol. The van der Waals surface area contributed by atoms with Gasteiger partial charge in [-0.3, -0.25) is 0 Å². The van der Waals surface area contributed by atoms with E-state index in [-0.39, 0.29) is 22.8 Å². The summed E-state index contributed by atoms with van der Waals surface area (Å²) in [5, 5.41) is 1.10. The Kier molecular flexibility index (Phi) is 9.57. The second-order valence-electron chi connectivity index (χ2n) is 3.20. The summed E-state index contributed by atoms with van der Waals surface area (Å²) in [4.78, 5) is 0. The van der Waals surface area contributed by atoms with E-state index in [4.69, 9.17) is 4.74 Å². The minimum Gasteiger partial charge on any atom is -1.00 e. The molecule has 80 valence electrons. The van der Waals surface area contributed by atoms with E-state index in [1.54, 1.807) is 0 Å². The molecule has 0 spiro atoms. The molecule has 0 amide bonds. The largest absolute Gasteiger partial charge is 1.00 e. The van der Waals surface area contributed by atoms with Crippen LogP contribution in [0.1, 0.15) is 18.4 Å². The molecule has 1 heterocycles. The molecule has 4 heteroatoms. The van der Waals surface area contributed by atoms with E-state index < -0.39 is 0 Å². The summed E-state index contributed by atoms with van der Waals surface area (Å²) in [6, 6.07) is 6.67. The fourth-order valence-electron chi connectivity index (χ4n) is 1.16. The molecule has 1 saturated heterocycles. The molecule has 2 rings (SSSR count). The Bertz CT molecular complexity index is 242. The van der Waals surface area contributed by atoms with Crippen LogP contribution >= 0.6 is 0 Å². The van der Waals surface area contributed by atoms with E-state index in [1.807, 2.05) is 12.1 Å². The molecule has 1 fully saturated rings. The summed E-state index contributed by atoms with van der Waals surface area (Å²) in [5.41, 5.74) is 1.23. The summed E-state index contributed by atoms with van der Waals surface area (Å²) in [6.07, 6.45) is 2.56. The molecule has 0 aliphatic carbocycles. The first-order valence-corrected chi connectivity index (χ1v) is 7.04. The maximum absolute atomic E-state index is 12.2. The zero-order valence-electron chi connectivity index (χ0n) is 8.72. The van der Waals surface area contributed by atoms with Crippen LogP contribution in [0.25, 0.3) is 0 Å². The second kappa shape index (κ2) is 9.44. The zero-order chi connectivity index (χ0) is 10.2. The van der Waals surface area contributed by atoms with E-state index in [0.29, 0.717) is 0 Å². The van der Waals surface area contributed by atoms with Crippen LogP contribution in [0.4, 0.5) is 4.39 Å². The Hall–Kier alpha value is 0.213. The van der Waals surface area contributed by atoms with Crippen LogP contribution < -0.4 is 17.0 Å². The van der Waals surface area contributed by atoms with E-state index in [1.165, 1.54) is 48.8 Å². The van der Waals surface area contributed by atoms with Gasteiger partial charge in [-0.1, -0.05) is 0 Å². The van der Waals surface area contributed by atoms with Crippen molar-refractivity contribution in [2.75, 3.05) is 13.2 Å². The normalized spacial score (nSPS) is 13.8. The van der Waals surface area contributed by atoms with Crippen LogP contribution in [0.5, 0.6) is 0 Å². The van der Waals surface area contributed by atoms with Crippen molar-refractivity contribution >= 4 is 0 Å². The summed E-state index contributed by atoms with van der Waals surface area (Å²) >= 11 is 1.24. The minimum atomic E-state index is -0.146. The molecule has 0 atom stereocenters. The Morgan fingerprint density at radius 2 is 1.67 bits per heavy atom. The first-order valence-electron chi connectivity index (χ1n) is 4.94. The average molecular weight is 327 g/mol. The first-order chi connectivity index (χ1) is 6.83. The Morgan fingerprint density at radius 1 is 1.13 bits per heavy atom. The van der Waals surface area contributed by atoms with Gasteiger partial charge in [0.1, 0.15) is 0 Å². The van der Waals surface area contributed by atoms with E-state index in [9.17, 15) is 4.39 Å². The maximum Gasteiger partial charge on any atom is -1.00 e. The van der Waals surface area contributed by atoms with Gasteiger partial charge in [0.15, 0.2) is 0 Å². The van der Waals surface area contributed by atoms with Crippen LogP contribution in [0, 0.1) is 5.82 Å². The molecule has 1 aromatic carbocycles. The van der Waals surface area contributed by atoms with Crippen molar-refractivity contribution < 1.29 is 44.4 Å². The summed E-state index contributed by atoms with van der Waals surface area (Å²) in [7, 11) is 0. The Balaban J connectivity index is 0.000000280. The van der Waals surface area contributed by atoms with Crippen LogP contribution in [0.3, 0.4) is 0 Å². The predicted octanol–water partition coefficient (Wildman–Crippen LogP) is -0.327. The monoisotopic (exact) mass is 324 g/mol. The molecule has 0 N–H and O–H groups in total. The molecule has 1 aromatic rings. The Morgan fingerprint density at radius 3 is 2.00 bits per heavy atom. The van der Waals surface area contributed by atoms with Gasteiger partial charge in [-0.2, -0.15) is 0 Å². The number of hydrogen-bond acceptors (Lipinski definition) is 1. The third kappa shape index (κ3) is 7.16. The molecule has 0 bridgehead atoms. The summed E-state index contributed by atoms with van der Waals surface area (Å²) in [6.45, 7) is 2.00. The first kappa shape index (κ1) is 15.2. The van der Waals surface area contributed by atoms with Gasteiger partial charge in [0.2, 0.25) is 0 Å². The number of halogens is 2. The molecule has 0 saturated carbocycles. The topological polar surface area (TPSA) is 9.23 Å². The van der Waals surface area contributed by atoms with Crippen molar-refractivity contribution in [1.82, 2.24) is 0 Å². The number of ether oxygens (including phenoxy) is 1. The van der Waals surface area contributed by atoms with Gasteiger partial charge in [0.25, 0.3) is 0 Å². The van der Waals surface area contributed by atoms with Crippen LogP contribution in [0.2, 0.25) is 0 Å². The van der Waals surface area contributed by atoms with Crippen molar-refractivity contribution in [2.45, 2.75) is 17.9 Å². The SMILES string of the molecule is C1CCOC1.Fc1ccc([CH2][Zn+])cc1.[Br-]. The smallest absolute Gasteiger partial charge is 1.00 e. The van der Waals surface area contributed by atoms with E-state index in [0.717, 1.165) is 18.2 Å². The van der Waals surface area contributed by atoms with Gasteiger partial charge >= 0.3 is 63.4 Å². The summed E-state index contributed by atoms with van der Waals surface area (Å²) in [5.74, 6) is -0.146. The van der Waals surface area contributed by atoms with Crippen molar-refractivity contribution in [3.63, 3.8) is 0 Å². The molecular formula is C11H14BrFOZn. The molecule has 1 aliphatic heterocycles. The van der Waals surface area contributed by atoms with E-state index in [2.05, 4.69) is 0 Å². The summed E-state index contributed by atoms with van der Waals surface area (Å²) < 4.78 is 17.2. The third-order valence-electron chi connectivity index (χ3n) is 2.03. The van der Waals surface area contributed by atoms with Crippen molar-refractivity contribution in [3.05, 3.63) is 35.6 Å². The number of hydrogen-bond donors (Lipinski definition) is 0. The van der Waals surface area contributed by atoms with Gasteiger partial charge in [-0.25, -0.2) is 0 Å². The third-order valence-corrected chi connectivity index (χ3v) is 3.24. The minimum absolute atomic E-state index is 0. The van der Waals surface area contributed by atoms with Gasteiger partial charge in [0, 0.05) is 13.2 Å². The molecular weight excluding hydrogens is 312 g/mol. The quantitative estimate of drug-likeness (QED) is 0.643. The van der Waals surface area contributed by atoms with E-state index >= 15 is 0 Å². The Labute approximate surface area is 111 Å². The molecule has 1 aliphatic rings. The standard InChI is InChI=1S/C7H6F.C4H8O.BrH.Zn/c1-6-2-4-7(8)5-3-6;1-2-4-5-3-1;;/h2-5H,1H2;1-4H2;1H;/q;;;+1/p-1. The molecule has 15 heavy (non-hydrogen) atoms. The fraction of sp³-hybridized carbons (Fsp3) is 0.455. The number of benzene rings is 1. The van der Waals surface area contributed by atoms with Gasteiger partial charge in [-0.15, -0.1) is 0 Å². The van der Waals surface area contributed by atoms with Crippen molar-refractivity contribution in [1.29, 1.82) is 0 Å². The average Bonchev–Trinajstić information content (AvgIpc) is 2.77. The van der Waals surface area contributed by atoms with Crippen LogP contribution in [-0.2, 0) is 28.1 Å². The molecule has 0 unspecified atom stereocenters. The van der Waals surface area contributed by atoms with Crippen molar-refractivity contribution in [3.8, 4) is 0 Å². The maximum atomic E-state index is 12.2. The zero-order valence-corrected chi connectivity index (χ0v) is 13.3. The van der Waals surface area contributed by atoms with Crippen LogP contribution in [-0.4, -0.2) is 13.2 Å². The molecule has 1 nitrogen and oxygen atoms in total. The van der Waals surface area contributed by atoms with Gasteiger partial charge in [-0.05, 0) is 12.8 Å². The van der Waals surface area contributed by atoms with Gasteiger partial charge in [0.05, 0.1) is 0 Å². The van der Waals surface area contributed by atoms with Gasteiger partial charge < -0.3 is 21.7 Å². The molecule has 0 radical (unpaired) electrons.